The maximum Gasteiger partial charge on any atom is 0.271 e. The van der Waals surface area contributed by atoms with Crippen molar-refractivity contribution < 1.29 is 14.7 Å². The SMILES string of the molecule is O=C1NC(c2ccccc2)CC(O)=C1C(=O)N1c2ccc(-c3ccccc3)c1c2. The van der Waals surface area contributed by atoms with Gasteiger partial charge in [0.1, 0.15) is 11.3 Å². The Hall–Kier alpha value is -3.86. The molecule has 5 nitrogen and oxygen atoms in total. The molecule has 0 fully saturated rings. The lowest BCUT2D eigenvalue weighted by atomic mass is 9.89. The van der Waals surface area contributed by atoms with Crippen LogP contribution in [0.2, 0.25) is 0 Å². The van der Waals surface area contributed by atoms with Gasteiger partial charge in [-0.2, -0.15) is 0 Å². The molecule has 3 aliphatic rings. The van der Waals surface area contributed by atoms with Crippen molar-refractivity contribution in [3.05, 3.63) is 113 Å². The zero-order valence-electron chi connectivity index (χ0n) is 15.5. The van der Waals surface area contributed by atoms with Crippen LogP contribution in [0.3, 0.4) is 0 Å². The monoisotopic (exact) mass is 382 g/mol. The lowest BCUT2D eigenvalue weighted by Crippen LogP contribution is -2.45. The summed E-state index contributed by atoms with van der Waals surface area (Å²) in [6.07, 6.45) is 5.90. The molecule has 3 aliphatic heterocycles. The van der Waals surface area contributed by atoms with Gasteiger partial charge in [-0.1, -0.05) is 66.7 Å². The Balaban J connectivity index is 1.42. The number of nitrogens with zero attached hydrogens (tertiary/aromatic N) is 1. The summed E-state index contributed by atoms with van der Waals surface area (Å²) in [4.78, 5) is 27.4. The predicted molar refractivity (Wildman–Crippen MR) is 109 cm³/mol. The summed E-state index contributed by atoms with van der Waals surface area (Å²) in [5.74, 6) is -1.23. The molecule has 2 amide bonds. The van der Waals surface area contributed by atoms with E-state index >= 15 is 0 Å². The highest BCUT2D eigenvalue weighted by Gasteiger charge is 2.41. The van der Waals surface area contributed by atoms with Crippen molar-refractivity contribution in [2.45, 2.75) is 12.5 Å². The van der Waals surface area contributed by atoms with Crippen molar-refractivity contribution >= 4 is 17.4 Å². The standard InChI is InChI=1S/C24H18N2O3/c27-21-14-19(16-9-5-2-6-10-16)25-23(28)22(21)24(29)26-17-11-12-18(20(26)13-17)15-7-3-1-4-8-15/h1-13,19,27H,14H2,(H,25,28). The molecule has 5 heteroatoms. The molecule has 142 valence electrons. The number of rotatable bonds is 3. The van der Waals surface area contributed by atoms with E-state index in [0.717, 1.165) is 22.4 Å². The largest absolute Gasteiger partial charge is 0.511 e. The highest BCUT2D eigenvalue weighted by atomic mass is 16.3. The van der Waals surface area contributed by atoms with E-state index in [2.05, 4.69) is 5.32 Å². The Labute approximate surface area is 168 Å². The third-order valence-electron chi connectivity index (χ3n) is 5.40. The smallest absolute Gasteiger partial charge is 0.271 e. The normalized spacial score (nSPS) is 20.3. The first-order chi connectivity index (χ1) is 14.1. The van der Waals surface area contributed by atoms with Crippen molar-refractivity contribution in [2.75, 3.05) is 0 Å². The first-order valence-electron chi connectivity index (χ1n) is 9.45. The fraction of sp³-hybridized carbons (Fsp3) is 0.0833. The number of amides is 2. The summed E-state index contributed by atoms with van der Waals surface area (Å²) < 4.78 is 0. The van der Waals surface area contributed by atoms with Crippen LogP contribution in [0.25, 0.3) is 5.57 Å². The fourth-order valence-electron chi connectivity index (χ4n) is 3.93. The molecular formula is C24H18N2O3. The van der Waals surface area contributed by atoms with E-state index in [1.54, 1.807) is 0 Å². The van der Waals surface area contributed by atoms with Gasteiger partial charge in [0, 0.05) is 12.0 Å². The maximum atomic E-state index is 13.2. The average molecular weight is 382 g/mol. The van der Waals surface area contributed by atoms with Gasteiger partial charge >= 0.3 is 0 Å². The lowest BCUT2D eigenvalue weighted by Gasteiger charge is -2.39. The topological polar surface area (TPSA) is 69.6 Å². The number of carbonyl (C=O) groups excluding carboxylic acids is 2. The van der Waals surface area contributed by atoms with E-state index in [1.165, 1.54) is 4.90 Å². The van der Waals surface area contributed by atoms with E-state index in [4.69, 9.17) is 0 Å². The third-order valence-corrected chi connectivity index (χ3v) is 5.40. The number of nitrogens with one attached hydrogen (secondary N) is 1. The summed E-state index contributed by atoms with van der Waals surface area (Å²) in [7, 11) is 0. The Morgan fingerprint density at radius 1 is 1.00 bits per heavy atom. The van der Waals surface area contributed by atoms with Gasteiger partial charge in [0.25, 0.3) is 11.8 Å². The Bertz CT molecular complexity index is 1140. The van der Waals surface area contributed by atoms with Crippen LogP contribution in [0.5, 0.6) is 0 Å². The van der Waals surface area contributed by atoms with Gasteiger partial charge in [-0.05, 0) is 23.3 Å². The third kappa shape index (κ3) is 2.79. The van der Waals surface area contributed by atoms with Crippen molar-refractivity contribution in [1.29, 1.82) is 0 Å². The zero-order valence-corrected chi connectivity index (χ0v) is 15.5. The van der Waals surface area contributed by atoms with Crippen LogP contribution < -0.4 is 5.32 Å². The molecule has 1 unspecified atom stereocenters. The summed E-state index contributed by atoms with van der Waals surface area (Å²) >= 11 is 0. The molecule has 2 aromatic carbocycles. The van der Waals surface area contributed by atoms with E-state index in [1.807, 2.05) is 78.9 Å². The van der Waals surface area contributed by atoms with Crippen LogP contribution in [0, 0.1) is 0 Å². The molecule has 0 saturated heterocycles. The first-order valence-corrected chi connectivity index (χ1v) is 9.45. The molecular weight excluding hydrogens is 364 g/mol. The minimum atomic E-state index is -0.552. The maximum absolute atomic E-state index is 13.2. The zero-order chi connectivity index (χ0) is 20.0. The number of fused-ring (bicyclic) bond motifs is 2. The van der Waals surface area contributed by atoms with Crippen LogP contribution >= 0.6 is 0 Å². The number of aliphatic hydroxyl groups excluding tert-OH is 1. The number of allylic oxidation sites excluding steroid dienone is 4. The second kappa shape index (κ2) is 6.63. The molecule has 2 aromatic rings. The van der Waals surface area contributed by atoms with Crippen molar-refractivity contribution in [1.82, 2.24) is 10.2 Å². The number of hydrogen-bond donors (Lipinski definition) is 2. The summed E-state index contributed by atoms with van der Waals surface area (Å²) in [5, 5.41) is 13.4. The number of hydrogen-bond acceptors (Lipinski definition) is 3. The van der Waals surface area contributed by atoms with E-state index in [-0.39, 0.29) is 23.8 Å². The molecule has 0 aliphatic carbocycles. The lowest BCUT2D eigenvalue weighted by molar-refractivity contribution is -0.129. The molecule has 0 saturated carbocycles. The van der Waals surface area contributed by atoms with Crippen molar-refractivity contribution in [3.63, 3.8) is 0 Å². The second-order valence-corrected chi connectivity index (χ2v) is 7.17. The number of aliphatic hydroxyl groups is 1. The summed E-state index contributed by atoms with van der Waals surface area (Å²) in [6.45, 7) is 0. The first kappa shape index (κ1) is 17.3. The molecule has 5 rings (SSSR count). The highest BCUT2D eigenvalue weighted by Crippen LogP contribution is 2.42. The molecule has 1 atom stereocenters. The van der Waals surface area contributed by atoms with Crippen LogP contribution in [-0.4, -0.2) is 21.8 Å². The van der Waals surface area contributed by atoms with Crippen LogP contribution in [-0.2, 0) is 9.59 Å². The summed E-state index contributed by atoms with van der Waals surface area (Å²) in [5.41, 5.74) is 4.04. The van der Waals surface area contributed by atoms with Gasteiger partial charge in [0.2, 0.25) is 0 Å². The molecule has 0 radical (unpaired) electrons. The van der Waals surface area contributed by atoms with Gasteiger partial charge in [-0.3, -0.25) is 14.5 Å². The quantitative estimate of drug-likeness (QED) is 0.794. The average Bonchev–Trinajstić information content (AvgIpc) is 2.74. The minimum Gasteiger partial charge on any atom is -0.511 e. The molecule has 2 bridgehead atoms. The molecule has 0 spiro atoms. The van der Waals surface area contributed by atoms with E-state index < -0.39 is 11.8 Å². The van der Waals surface area contributed by atoms with Gasteiger partial charge in [-0.15, -0.1) is 0 Å². The second-order valence-electron chi connectivity index (χ2n) is 7.17. The Morgan fingerprint density at radius 2 is 1.69 bits per heavy atom. The molecule has 29 heavy (non-hydrogen) atoms. The van der Waals surface area contributed by atoms with Gasteiger partial charge < -0.3 is 10.4 Å². The molecule has 3 heterocycles. The summed E-state index contributed by atoms with van der Waals surface area (Å²) in [6, 6.07) is 18.8. The van der Waals surface area contributed by atoms with Crippen LogP contribution in [0.15, 0.2) is 102 Å². The van der Waals surface area contributed by atoms with Gasteiger partial charge in [0.15, 0.2) is 0 Å². The highest BCUT2D eigenvalue weighted by molar-refractivity contribution is 6.21. The van der Waals surface area contributed by atoms with Crippen molar-refractivity contribution in [3.8, 4) is 0 Å². The predicted octanol–water partition coefficient (Wildman–Crippen LogP) is 3.77. The van der Waals surface area contributed by atoms with Gasteiger partial charge in [0.05, 0.1) is 17.4 Å². The minimum absolute atomic E-state index is 0.177. The number of benzene rings is 2. The van der Waals surface area contributed by atoms with Crippen LogP contribution in [0.4, 0.5) is 0 Å². The fourth-order valence-corrected chi connectivity index (χ4v) is 3.93. The Morgan fingerprint density at radius 3 is 2.34 bits per heavy atom. The van der Waals surface area contributed by atoms with Gasteiger partial charge in [-0.25, -0.2) is 0 Å². The molecule has 0 aromatic heterocycles. The number of carbonyl (C=O) groups is 2. The van der Waals surface area contributed by atoms with Crippen molar-refractivity contribution in [2.24, 2.45) is 0 Å². The Kier molecular flexibility index (Phi) is 3.95. The van der Waals surface area contributed by atoms with E-state index in [9.17, 15) is 14.7 Å². The molecule has 2 N–H and O–H groups in total. The van der Waals surface area contributed by atoms with E-state index in [0.29, 0.717) is 5.70 Å². The van der Waals surface area contributed by atoms with Crippen LogP contribution in [0.1, 0.15) is 23.6 Å².